The number of thioether (sulfide) groups is 1. The van der Waals surface area contributed by atoms with Crippen molar-refractivity contribution in [1.29, 1.82) is 0 Å². The number of carbonyl (C=O) groups excluding carboxylic acids is 1. The van der Waals surface area contributed by atoms with Crippen LogP contribution < -0.4 is 0 Å². The van der Waals surface area contributed by atoms with Gasteiger partial charge in [0.25, 0.3) is 11.6 Å². The number of hydrogen-bond donors (Lipinski definition) is 0. The van der Waals surface area contributed by atoms with Crippen molar-refractivity contribution in [2.45, 2.75) is 6.54 Å². The van der Waals surface area contributed by atoms with Crippen LogP contribution in [0.3, 0.4) is 0 Å². The Morgan fingerprint density at radius 1 is 1.28 bits per heavy atom. The van der Waals surface area contributed by atoms with E-state index in [4.69, 9.17) is 21.1 Å². The molecule has 0 saturated carbocycles. The first-order chi connectivity index (χ1) is 13.9. The minimum absolute atomic E-state index is 0.0207. The van der Waals surface area contributed by atoms with Crippen LogP contribution in [-0.2, 0) is 11.3 Å². The summed E-state index contributed by atoms with van der Waals surface area (Å²) in [5.41, 5.74) is 0.647. The van der Waals surface area contributed by atoms with Crippen molar-refractivity contribution in [2.75, 3.05) is 0 Å². The van der Waals surface area contributed by atoms with Gasteiger partial charge >= 0.3 is 0 Å². The molecule has 3 aromatic rings. The van der Waals surface area contributed by atoms with Crippen molar-refractivity contribution in [2.24, 2.45) is 0 Å². The Hall–Kier alpha value is -2.69. The number of nitrogens with zero attached hydrogens (tertiary/aromatic N) is 2. The lowest BCUT2D eigenvalue weighted by molar-refractivity contribution is -0.384. The average molecular weight is 491 g/mol. The van der Waals surface area contributed by atoms with E-state index in [-0.39, 0.29) is 18.1 Å². The summed E-state index contributed by atoms with van der Waals surface area (Å²) >= 11 is 9.84. The highest BCUT2D eigenvalue weighted by atomic mass is 79.9. The number of furan rings is 2. The molecule has 1 aromatic carbocycles. The number of thiocarbonyl (C=S) groups is 1. The lowest BCUT2D eigenvalue weighted by Gasteiger charge is -2.11. The Bertz CT molecular complexity index is 1150. The zero-order chi connectivity index (χ0) is 20.5. The molecule has 0 atom stereocenters. The molecule has 0 unspecified atom stereocenters. The summed E-state index contributed by atoms with van der Waals surface area (Å²) < 4.78 is 12.1. The molecule has 1 fully saturated rings. The van der Waals surface area contributed by atoms with Gasteiger partial charge in [-0.2, -0.15) is 0 Å². The van der Waals surface area contributed by atoms with Gasteiger partial charge in [-0.25, -0.2) is 0 Å². The number of rotatable bonds is 5. The topological polar surface area (TPSA) is 89.7 Å². The highest BCUT2D eigenvalue weighted by Crippen LogP contribution is 2.36. The molecule has 0 radical (unpaired) electrons. The third-order valence-corrected chi connectivity index (χ3v) is 6.13. The second-order valence-electron chi connectivity index (χ2n) is 5.97. The van der Waals surface area contributed by atoms with Crippen LogP contribution in [0, 0.1) is 10.1 Å². The summed E-state index contributed by atoms with van der Waals surface area (Å²) in [6, 6.07) is 11.4. The molecule has 0 spiro atoms. The second kappa shape index (κ2) is 7.97. The number of carbonyl (C=O) groups is 1. The zero-order valence-corrected chi connectivity index (χ0v) is 17.8. The van der Waals surface area contributed by atoms with Crippen molar-refractivity contribution in [3.05, 3.63) is 79.7 Å². The molecule has 1 amide bonds. The average Bonchev–Trinajstić information content (AvgIpc) is 3.41. The maximum atomic E-state index is 12.7. The van der Waals surface area contributed by atoms with Gasteiger partial charge in [0, 0.05) is 28.2 Å². The summed E-state index contributed by atoms with van der Waals surface area (Å²) in [6.07, 6.45) is 3.17. The zero-order valence-electron chi connectivity index (χ0n) is 14.5. The third kappa shape index (κ3) is 4.04. The highest BCUT2D eigenvalue weighted by molar-refractivity contribution is 9.10. The molecule has 2 aromatic heterocycles. The van der Waals surface area contributed by atoms with Crippen molar-refractivity contribution < 1.29 is 18.6 Å². The van der Waals surface area contributed by atoms with Gasteiger partial charge in [-0.3, -0.25) is 19.8 Å². The smallest absolute Gasteiger partial charge is 0.270 e. The van der Waals surface area contributed by atoms with E-state index < -0.39 is 4.92 Å². The SMILES string of the molecule is O=C1C(=Cc2ccc(-c3ccc([N+](=O)[O-])cc3Br)o2)SC(=S)N1Cc1ccco1. The van der Waals surface area contributed by atoms with Crippen LogP contribution in [0.25, 0.3) is 17.4 Å². The lowest BCUT2D eigenvalue weighted by Crippen LogP contribution is -2.27. The van der Waals surface area contributed by atoms with Crippen LogP contribution >= 0.6 is 39.9 Å². The van der Waals surface area contributed by atoms with E-state index in [0.717, 1.165) is 0 Å². The van der Waals surface area contributed by atoms with Gasteiger partial charge in [0.1, 0.15) is 21.6 Å². The number of nitro groups is 1. The molecule has 7 nitrogen and oxygen atoms in total. The summed E-state index contributed by atoms with van der Waals surface area (Å²) in [5, 5.41) is 10.9. The quantitative estimate of drug-likeness (QED) is 0.198. The molecule has 4 rings (SSSR count). The fourth-order valence-electron chi connectivity index (χ4n) is 2.72. The van der Waals surface area contributed by atoms with Gasteiger partial charge in [-0.1, -0.05) is 24.0 Å². The van der Waals surface area contributed by atoms with E-state index in [2.05, 4.69) is 15.9 Å². The first kappa shape index (κ1) is 19.6. The molecule has 0 aliphatic carbocycles. The summed E-state index contributed by atoms with van der Waals surface area (Å²) in [5.74, 6) is 1.42. The van der Waals surface area contributed by atoms with Crippen molar-refractivity contribution in [1.82, 2.24) is 4.90 Å². The van der Waals surface area contributed by atoms with Gasteiger partial charge < -0.3 is 8.83 Å². The number of nitro benzene ring substituents is 1. The van der Waals surface area contributed by atoms with Crippen molar-refractivity contribution in [3.8, 4) is 11.3 Å². The Morgan fingerprint density at radius 2 is 2.10 bits per heavy atom. The molecule has 146 valence electrons. The standard InChI is InChI=1S/C19H11BrN2O5S2/c20-15-8-11(22(24)25)3-5-14(15)16-6-4-12(27-16)9-17-18(23)21(19(28)29-17)10-13-2-1-7-26-13/h1-9H,10H2. The Balaban J connectivity index is 1.56. The predicted molar refractivity (Wildman–Crippen MR) is 116 cm³/mol. The first-order valence-electron chi connectivity index (χ1n) is 8.24. The maximum absolute atomic E-state index is 12.7. The minimum atomic E-state index is -0.465. The Labute approximate surface area is 182 Å². The van der Waals surface area contributed by atoms with E-state index in [1.54, 1.807) is 42.7 Å². The van der Waals surface area contributed by atoms with Crippen LogP contribution in [0.4, 0.5) is 5.69 Å². The van der Waals surface area contributed by atoms with Gasteiger partial charge in [-0.05, 0) is 46.3 Å². The molecule has 1 aliphatic heterocycles. The number of non-ortho nitro benzene ring substituents is 1. The summed E-state index contributed by atoms with van der Waals surface area (Å²) in [4.78, 5) is 25.0. The number of hydrogen-bond acceptors (Lipinski definition) is 7. The highest BCUT2D eigenvalue weighted by Gasteiger charge is 2.32. The van der Waals surface area contributed by atoms with Crippen LogP contribution in [0.15, 0.2) is 66.9 Å². The number of benzene rings is 1. The van der Waals surface area contributed by atoms with E-state index in [0.29, 0.717) is 36.5 Å². The van der Waals surface area contributed by atoms with E-state index >= 15 is 0 Å². The second-order valence-corrected chi connectivity index (χ2v) is 8.50. The molecular weight excluding hydrogens is 480 g/mol. The molecule has 10 heteroatoms. The van der Waals surface area contributed by atoms with E-state index in [1.807, 2.05) is 0 Å². The van der Waals surface area contributed by atoms with E-state index in [9.17, 15) is 14.9 Å². The van der Waals surface area contributed by atoms with E-state index in [1.165, 1.54) is 28.8 Å². The molecular formula is C19H11BrN2O5S2. The van der Waals surface area contributed by atoms with Crippen LogP contribution in [0.2, 0.25) is 0 Å². The van der Waals surface area contributed by atoms with Crippen LogP contribution in [0.5, 0.6) is 0 Å². The minimum Gasteiger partial charge on any atom is -0.467 e. The molecule has 3 heterocycles. The van der Waals surface area contributed by atoms with Crippen molar-refractivity contribution in [3.63, 3.8) is 0 Å². The molecule has 0 bridgehead atoms. The monoisotopic (exact) mass is 490 g/mol. The van der Waals surface area contributed by atoms with Gasteiger partial charge in [0.2, 0.25) is 0 Å². The number of halogens is 1. The molecule has 1 aliphatic rings. The van der Waals surface area contributed by atoms with Crippen molar-refractivity contribution >= 4 is 61.9 Å². The Morgan fingerprint density at radius 3 is 2.79 bits per heavy atom. The molecule has 0 N–H and O–H groups in total. The summed E-state index contributed by atoms with van der Waals surface area (Å²) in [7, 11) is 0. The molecule has 1 saturated heterocycles. The Kier molecular flexibility index (Phi) is 5.39. The fourth-order valence-corrected chi connectivity index (χ4v) is 4.51. The van der Waals surface area contributed by atoms with Gasteiger partial charge in [-0.15, -0.1) is 0 Å². The number of amides is 1. The lowest BCUT2D eigenvalue weighted by atomic mass is 10.1. The van der Waals surface area contributed by atoms with Gasteiger partial charge in [0.15, 0.2) is 0 Å². The van der Waals surface area contributed by atoms with Gasteiger partial charge in [0.05, 0.1) is 22.6 Å². The third-order valence-electron chi connectivity index (χ3n) is 4.10. The van der Waals surface area contributed by atoms with Crippen LogP contribution in [-0.4, -0.2) is 20.1 Å². The molecule has 29 heavy (non-hydrogen) atoms. The predicted octanol–water partition coefficient (Wildman–Crippen LogP) is 5.61. The maximum Gasteiger partial charge on any atom is 0.270 e. The van der Waals surface area contributed by atoms with Crippen LogP contribution in [0.1, 0.15) is 11.5 Å². The largest absolute Gasteiger partial charge is 0.467 e. The summed E-state index contributed by atoms with van der Waals surface area (Å²) in [6.45, 7) is 0.272. The first-order valence-corrected chi connectivity index (χ1v) is 10.3. The normalized spacial score (nSPS) is 15.5. The fraction of sp³-hybridized carbons (Fsp3) is 0.0526.